The summed E-state index contributed by atoms with van der Waals surface area (Å²) in [5.41, 5.74) is 3.66. The molecule has 0 spiro atoms. The van der Waals surface area contributed by atoms with E-state index < -0.39 is 17.8 Å². The zero-order chi connectivity index (χ0) is 20.9. The van der Waals surface area contributed by atoms with Crippen molar-refractivity contribution in [2.45, 2.75) is 0 Å². The number of amides is 4. The van der Waals surface area contributed by atoms with Gasteiger partial charge in [0.05, 0.1) is 0 Å². The molecule has 1 saturated heterocycles. The summed E-state index contributed by atoms with van der Waals surface area (Å²) in [6, 6.07) is 25.8. The number of rotatable bonds is 5. The summed E-state index contributed by atoms with van der Waals surface area (Å²) in [5, 5.41) is 5.20. The molecule has 1 aliphatic rings. The van der Waals surface area contributed by atoms with Crippen molar-refractivity contribution in [2.75, 3.05) is 11.9 Å². The van der Waals surface area contributed by atoms with E-state index in [4.69, 9.17) is 0 Å². The molecule has 0 saturated carbocycles. The number of nitrogens with one attached hydrogen (secondary N) is 2. The lowest BCUT2D eigenvalue weighted by Crippen LogP contribution is -2.38. The Morgan fingerprint density at radius 1 is 0.833 bits per heavy atom. The summed E-state index contributed by atoms with van der Waals surface area (Å²) in [7, 11) is 0. The molecule has 4 rings (SSSR count). The molecule has 0 aliphatic carbocycles. The van der Waals surface area contributed by atoms with Crippen LogP contribution < -0.4 is 10.6 Å². The molecule has 1 heterocycles. The van der Waals surface area contributed by atoms with Crippen LogP contribution in [0.2, 0.25) is 0 Å². The number of nitrogens with zero attached hydrogens (tertiary/aromatic N) is 1. The summed E-state index contributed by atoms with van der Waals surface area (Å²) in [6.07, 6.45) is 1.60. The topological polar surface area (TPSA) is 78.5 Å². The van der Waals surface area contributed by atoms with Crippen LogP contribution in [0.3, 0.4) is 0 Å². The molecular formula is C24H19N3O3. The fourth-order valence-electron chi connectivity index (χ4n) is 3.15. The maximum atomic E-state index is 12.6. The second-order valence-corrected chi connectivity index (χ2v) is 6.78. The molecule has 0 aromatic heterocycles. The van der Waals surface area contributed by atoms with Crippen molar-refractivity contribution < 1.29 is 14.4 Å². The normalized spacial score (nSPS) is 14.7. The van der Waals surface area contributed by atoms with E-state index in [0.717, 1.165) is 21.6 Å². The van der Waals surface area contributed by atoms with Gasteiger partial charge in [-0.15, -0.1) is 0 Å². The summed E-state index contributed by atoms with van der Waals surface area (Å²) in [6.45, 7) is -0.357. The number of urea groups is 1. The minimum Gasteiger partial charge on any atom is -0.325 e. The third-order valence-electron chi connectivity index (χ3n) is 4.65. The highest BCUT2D eigenvalue weighted by molar-refractivity contribution is 6.15. The van der Waals surface area contributed by atoms with E-state index in [0.29, 0.717) is 5.69 Å². The van der Waals surface area contributed by atoms with Crippen LogP contribution in [0.25, 0.3) is 17.2 Å². The van der Waals surface area contributed by atoms with Crippen molar-refractivity contribution in [2.24, 2.45) is 0 Å². The van der Waals surface area contributed by atoms with Gasteiger partial charge >= 0.3 is 6.03 Å². The Kier molecular flexibility index (Phi) is 5.39. The smallest absolute Gasteiger partial charge is 0.325 e. The molecule has 4 amide bonds. The Morgan fingerprint density at radius 2 is 1.43 bits per heavy atom. The van der Waals surface area contributed by atoms with Gasteiger partial charge in [-0.05, 0) is 34.9 Å². The summed E-state index contributed by atoms with van der Waals surface area (Å²) in [4.78, 5) is 37.9. The minimum atomic E-state index is -0.615. The molecule has 30 heavy (non-hydrogen) atoms. The van der Waals surface area contributed by atoms with Crippen LogP contribution in [0, 0.1) is 0 Å². The van der Waals surface area contributed by atoms with Gasteiger partial charge in [0.2, 0.25) is 5.91 Å². The first kappa shape index (κ1) is 19.1. The molecule has 2 N–H and O–H groups in total. The van der Waals surface area contributed by atoms with Gasteiger partial charge in [0, 0.05) is 5.69 Å². The number of hydrogen-bond donors (Lipinski definition) is 2. The second kappa shape index (κ2) is 8.45. The Balaban J connectivity index is 1.44. The zero-order valence-corrected chi connectivity index (χ0v) is 16.0. The number of para-hydroxylation sites is 1. The predicted molar refractivity (Wildman–Crippen MR) is 115 cm³/mol. The number of benzene rings is 3. The first-order chi connectivity index (χ1) is 14.6. The highest BCUT2D eigenvalue weighted by Gasteiger charge is 2.34. The molecule has 148 valence electrons. The molecule has 3 aromatic rings. The van der Waals surface area contributed by atoms with Crippen LogP contribution in [0.5, 0.6) is 0 Å². The maximum absolute atomic E-state index is 12.6. The molecule has 1 aliphatic heterocycles. The molecule has 6 nitrogen and oxygen atoms in total. The Labute approximate surface area is 173 Å². The average Bonchev–Trinajstić information content (AvgIpc) is 3.03. The number of anilines is 1. The highest BCUT2D eigenvalue weighted by Crippen LogP contribution is 2.21. The van der Waals surface area contributed by atoms with Gasteiger partial charge in [0.15, 0.2) is 0 Å². The molecule has 0 atom stereocenters. The van der Waals surface area contributed by atoms with E-state index in [1.807, 2.05) is 60.7 Å². The Bertz CT molecular complexity index is 1110. The van der Waals surface area contributed by atoms with Crippen molar-refractivity contribution in [3.63, 3.8) is 0 Å². The van der Waals surface area contributed by atoms with Crippen molar-refractivity contribution in [1.82, 2.24) is 10.2 Å². The molecule has 0 unspecified atom stereocenters. The lowest BCUT2D eigenvalue weighted by Gasteiger charge is -2.11. The summed E-state index contributed by atoms with van der Waals surface area (Å²) in [5.74, 6) is -0.978. The Hall–Kier alpha value is -4.19. The summed E-state index contributed by atoms with van der Waals surface area (Å²) < 4.78 is 0. The van der Waals surface area contributed by atoms with E-state index in [2.05, 4.69) is 10.6 Å². The van der Waals surface area contributed by atoms with Gasteiger partial charge in [-0.1, -0.05) is 72.8 Å². The number of hydrogen-bond acceptors (Lipinski definition) is 3. The lowest BCUT2D eigenvalue weighted by atomic mass is 10.0. The molecule has 0 radical (unpaired) electrons. The van der Waals surface area contributed by atoms with Crippen molar-refractivity contribution >= 4 is 29.6 Å². The van der Waals surface area contributed by atoms with Crippen molar-refractivity contribution in [3.05, 3.63) is 96.2 Å². The van der Waals surface area contributed by atoms with Gasteiger partial charge in [-0.3, -0.25) is 9.59 Å². The van der Waals surface area contributed by atoms with E-state index in [9.17, 15) is 14.4 Å². The zero-order valence-electron chi connectivity index (χ0n) is 16.0. The SMILES string of the molecule is O=C(CN1C(=O)N/C(=C\c2ccc(-c3ccccc3)cc2)C1=O)Nc1ccccc1. The third-order valence-corrected chi connectivity index (χ3v) is 4.65. The average molecular weight is 397 g/mol. The monoisotopic (exact) mass is 397 g/mol. The predicted octanol–water partition coefficient (Wildman–Crippen LogP) is 3.89. The molecule has 3 aromatic carbocycles. The lowest BCUT2D eigenvalue weighted by molar-refractivity contribution is -0.127. The fraction of sp³-hybridized carbons (Fsp3) is 0.0417. The van der Waals surface area contributed by atoms with E-state index >= 15 is 0 Å². The molecular weight excluding hydrogens is 378 g/mol. The summed E-state index contributed by atoms with van der Waals surface area (Å²) >= 11 is 0. The fourth-order valence-corrected chi connectivity index (χ4v) is 3.15. The van der Waals surface area contributed by atoms with Gasteiger partial charge in [-0.2, -0.15) is 0 Å². The maximum Gasteiger partial charge on any atom is 0.329 e. The van der Waals surface area contributed by atoms with Crippen LogP contribution in [0.4, 0.5) is 10.5 Å². The van der Waals surface area contributed by atoms with E-state index in [1.165, 1.54) is 0 Å². The Morgan fingerprint density at radius 3 is 2.10 bits per heavy atom. The van der Waals surface area contributed by atoms with Gasteiger partial charge < -0.3 is 10.6 Å². The van der Waals surface area contributed by atoms with Crippen LogP contribution in [0.1, 0.15) is 5.56 Å². The number of carbonyl (C=O) groups excluding carboxylic acids is 3. The molecule has 0 bridgehead atoms. The van der Waals surface area contributed by atoms with Gasteiger partial charge in [0.25, 0.3) is 5.91 Å². The van der Waals surface area contributed by atoms with Crippen LogP contribution in [-0.2, 0) is 9.59 Å². The van der Waals surface area contributed by atoms with Crippen LogP contribution in [-0.4, -0.2) is 29.3 Å². The van der Waals surface area contributed by atoms with Crippen LogP contribution in [0.15, 0.2) is 90.6 Å². The van der Waals surface area contributed by atoms with Gasteiger partial charge in [0.1, 0.15) is 12.2 Å². The molecule has 1 fully saturated rings. The first-order valence-electron chi connectivity index (χ1n) is 9.45. The highest BCUT2D eigenvalue weighted by atomic mass is 16.2. The molecule has 6 heteroatoms. The standard InChI is InChI=1S/C24H19N3O3/c28-22(25-20-9-5-2-6-10-20)16-27-23(29)21(26-24(27)30)15-17-11-13-19(14-12-17)18-7-3-1-4-8-18/h1-15H,16H2,(H,25,28)(H,26,30)/b21-15-. The quantitative estimate of drug-likeness (QED) is 0.507. The minimum absolute atomic E-state index is 0.139. The van der Waals surface area contributed by atoms with Gasteiger partial charge in [-0.25, -0.2) is 9.69 Å². The number of imide groups is 1. The van der Waals surface area contributed by atoms with Crippen LogP contribution >= 0.6 is 0 Å². The van der Waals surface area contributed by atoms with E-state index in [1.54, 1.807) is 30.3 Å². The second-order valence-electron chi connectivity index (χ2n) is 6.78. The number of carbonyl (C=O) groups is 3. The first-order valence-corrected chi connectivity index (χ1v) is 9.45. The third kappa shape index (κ3) is 4.28. The van der Waals surface area contributed by atoms with E-state index in [-0.39, 0.29) is 12.2 Å². The van der Waals surface area contributed by atoms with Crippen molar-refractivity contribution in [1.29, 1.82) is 0 Å². The van der Waals surface area contributed by atoms with Crippen molar-refractivity contribution in [3.8, 4) is 11.1 Å². The largest absolute Gasteiger partial charge is 0.329 e.